The Kier molecular flexibility index (Phi) is 3.99. The quantitative estimate of drug-likeness (QED) is 0.820. The first-order valence-corrected chi connectivity index (χ1v) is 6.04. The highest BCUT2D eigenvalue weighted by Crippen LogP contribution is 2.21. The summed E-state index contributed by atoms with van der Waals surface area (Å²) in [4.78, 5) is 11.2. The lowest BCUT2D eigenvalue weighted by Crippen LogP contribution is -2.06. The van der Waals surface area contributed by atoms with Crippen LogP contribution in [0.2, 0.25) is 0 Å². The molecule has 18 heavy (non-hydrogen) atoms. The van der Waals surface area contributed by atoms with Gasteiger partial charge in [-0.15, -0.1) is 0 Å². The third kappa shape index (κ3) is 2.54. The SMILES string of the molecule is CNCc1cn(CCC(=O)OC)c2ccccc12. The predicted octanol–water partition coefficient (Wildman–Crippen LogP) is 1.92. The molecule has 0 spiro atoms. The Morgan fingerprint density at radius 1 is 1.39 bits per heavy atom. The number of fused-ring (bicyclic) bond motifs is 1. The highest BCUT2D eigenvalue weighted by atomic mass is 16.5. The Balaban J connectivity index is 2.29. The van der Waals surface area contributed by atoms with Crippen molar-refractivity contribution in [2.75, 3.05) is 14.2 Å². The second-order valence-electron chi connectivity index (χ2n) is 4.22. The van der Waals surface area contributed by atoms with Gasteiger partial charge in [0.25, 0.3) is 0 Å². The minimum atomic E-state index is -0.178. The van der Waals surface area contributed by atoms with Crippen LogP contribution >= 0.6 is 0 Å². The van der Waals surface area contributed by atoms with Gasteiger partial charge in [-0.25, -0.2) is 0 Å². The van der Waals surface area contributed by atoms with Gasteiger partial charge in [0.2, 0.25) is 0 Å². The Hall–Kier alpha value is -1.81. The largest absolute Gasteiger partial charge is 0.469 e. The number of esters is 1. The number of ether oxygens (including phenoxy) is 1. The summed E-state index contributed by atoms with van der Waals surface area (Å²) < 4.78 is 6.78. The predicted molar refractivity (Wildman–Crippen MR) is 71.3 cm³/mol. The van der Waals surface area contributed by atoms with Crippen molar-refractivity contribution in [2.24, 2.45) is 0 Å². The molecule has 0 atom stereocenters. The lowest BCUT2D eigenvalue weighted by molar-refractivity contribution is -0.140. The van der Waals surface area contributed by atoms with Crippen molar-refractivity contribution in [2.45, 2.75) is 19.5 Å². The summed E-state index contributed by atoms with van der Waals surface area (Å²) in [5.74, 6) is -0.178. The van der Waals surface area contributed by atoms with E-state index in [0.717, 1.165) is 12.1 Å². The van der Waals surface area contributed by atoms with E-state index in [9.17, 15) is 4.79 Å². The molecule has 1 aromatic carbocycles. The molecule has 0 bridgehead atoms. The van der Waals surface area contributed by atoms with Gasteiger partial charge in [-0.2, -0.15) is 0 Å². The van der Waals surface area contributed by atoms with Gasteiger partial charge in [-0.05, 0) is 18.7 Å². The van der Waals surface area contributed by atoms with Crippen molar-refractivity contribution in [3.8, 4) is 0 Å². The number of rotatable bonds is 5. The average molecular weight is 246 g/mol. The first-order chi connectivity index (χ1) is 8.76. The zero-order chi connectivity index (χ0) is 13.0. The van der Waals surface area contributed by atoms with E-state index in [-0.39, 0.29) is 5.97 Å². The van der Waals surface area contributed by atoms with E-state index in [0.29, 0.717) is 13.0 Å². The van der Waals surface area contributed by atoms with Gasteiger partial charge in [0.1, 0.15) is 0 Å². The first kappa shape index (κ1) is 12.6. The summed E-state index contributed by atoms with van der Waals surface area (Å²) in [5, 5.41) is 4.39. The van der Waals surface area contributed by atoms with Crippen LogP contribution in [0.3, 0.4) is 0 Å². The molecule has 1 aromatic heterocycles. The standard InChI is InChI=1S/C14H18N2O2/c1-15-9-11-10-16(8-7-14(17)18-2)13-6-4-3-5-12(11)13/h3-6,10,15H,7-9H2,1-2H3. The highest BCUT2D eigenvalue weighted by Gasteiger charge is 2.08. The Bertz CT molecular complexity index is 546. The Labute approximate surface area is 107 Å². The molecule has 2 aromatic rings. The number of benzene rings is 1. The van der Waals surface area contributed by atoms with Crippen LogP contribution in [0.4, 0.5) is 0 Å². The maximum Gasteiger partial charge on any atom is 0.307 e. The maximum atomic E-state index is 11.2. The van der Waals surface area contributed by atoms with Crippen molar-refractivity contribution in [3.63, 3.8) is 0 Å². The molecular formula is C14H18N2O2. The number of nitrogens with one attached hydrogen (secondary N) is 1. The molecule has 0 radical (unpaired) electrons. The lowest BCUT2D eigenvalue weighted by atomic mass is 10.2. The fourth-order valence-electron chi connectivity index (χ4n) is 2.15. The smallest absolute Gasteiger partial charge is 0.307 e. The van der Waals surface area contributed by atoms with Gasteiger partial charge in [0.15, 0.2) is 0 Å². The van der Waals surface area contributed by atoms with Crippen LogP contribution in [0.1, 0.15) is 12.0 Å². The summed E-state index contributed by atoms with van der Waals surface area (Å²) in [6.07, 6.45) is 2.50. The van der Waals surface area contributed by atoms with Gasteiger partial charge in [0.05, 0.1) is 13.5 Å². The summed E-state index contributed by atoms with van der Waals surface area (Å²) in [5.41, 5.74) is 2.41. The first-order valence-electron chi connectivity index (χ1n) is 6.04. The molecule has 0 aliphatic rings. The van der Waals surface area contributed by atoms with Crippen LogP contribution in [0.15, 0.2) is 30.5 Å². The maximum absolute atomic E-state index is 11.2. The van der Waals surface area contributed by atoms with E-state index in [1.807, 2.05) is 19.2 Å². The molecule has 0 saturated heterocycles. The molecule has 4 heteroatoms. The van der Waals surface area contributed by atoms with E-state index in [1.165, 1.54) is 18.1 Å². The Morgan fingerprint density at radius 2 is 2.17 bits per heavy atom. The number of aromatic nitrogens is 1. The van der Waals surface area contributed by atoms with Crippen LogP contribution in [0, 0.1) is 0 Å². The third-order valence-electron chi connectivity index (χ3n) is 3.02. The molecule has 0 saturated carbocycles. The van der Waals surface area contributed by atoms with Crippen molar-refractivity contribution in [3.05, 3.63) is 36.0 Å². The summed E-state index contributed by atoms with van der Waals surface area (Å²) in [6.45, 7) is 1.47. The van der Waals surface area contributed by atoms with Crippen LogP contribution in [-0.4, -0.2) is 24.7 Å². The minimum absolute atomic E-state index is 0.178. The number of hydrogen-bond donors (Lipinski definition) is 1. The van der Waals surface area contributed by atoms with Gasteiger partial charge in [0, 0.05) is 30.2 Å². The van der Waals surface area contributed by atoms with Gasteiger partial charge < -0.3 is 14.6 Å². The molecule has 0 aliphatic heterocycles. The minimum Gasteiger partial charge on any atom is -0.469 e. The van der Waals surface area contributed by atoms with E-state index >= 15 is 0 Å². The van der Waals surface area contributed by atoms with E-state index in [2.05, 4.69) is 33.0 Å². The third-order valence-corrected chi connectivity index (χ3v) is 3.02. The summed E-state index contributed by atoms with van der Waals surface area (Å²) >= 11 is 0. The van der Waals surface area contributed by atoms with Crippen LogP contribution < -0.4 is 5.32 Å². The second kappa shape index (κ2) is 5.69. The number of carbonyl (C=O) groups is 1. The fraction of sp³-hybridized carbons (Fsp3) is 0.357. The van der Waals surface area contributed by atoms with Crippen LogP contribution in [0.5, 0.6) is 0 Å². The van der Waals surface area contributed by atoms with Gasteiger partial charge >= 0.3 is 5.97 Å². The molecule has 0 amide bonds. The molecular weight excluding hydrogens is 228 g/mol. The number of methoxy groups -OCH3 is 1. The number of para-hydroxylation sites is 1. The molecule has 0 aliphatic carbocycles. The zero-order valence-electron chi connectivity index (χ0n) is 10.8. The van der Waals surface area contributed by atoms with Gasteiger partial charge in [-0.1, -0.05) is 18.2 Å². The zero-order valence-corrected chi connectivity index (χ0v) is 10.8. The molecule has 0 fully saturated rings. The molecule has 1 N–H and O–H groups in total. The van der Waals surface area contributed by atoms with E-state index < -0.39 is 0 Å². The van der Waals surface area contributed by atoms with Crippen molar-refractivity contribution in [1.29, 1.82) is 0 Å². The number of nitrogens with zero attached hydrogens (tertiary/aromatic N) is 1. The van der Waals surface area contributed by atoms with Crippen molar-refractivity contribution >= 4 is 16.9 Å². The van der Waals surface area contributed by atoms with Gasteiger partial charge in [-0.3, -0.25) is 4.79 Å². The molecule has 0 unspecified atom stereocenters. The van der Waals surface area contributed by atoms with E-state index in [1.54, 1.807) is 0 Å². The normalized spacial score (nSPS) is 10.8. The van der Waals surface area contributed by atoms with Crippen LogP contribution in [0.25, 0.3) is 10.9 Å². The summed E-state index contributed by atoms with van der Waals surface area (Å²) in [6, 6.07) is 8.23. The number of hydrogen-bond acceptors (Lipinski definition) is 3. The van der Waals surface area contributed by atoms with Crippen molar-refractivity contribution < 1.29 is 9.53 Å². The Morgan fingerprint density at radius 3 is 2.89 bits per heavy atom. The number of carbonyl (C=O) groups excluding carboxylic acids is 1. The molecule has 1 heterocycles. The fourth-order valence-corrected chi connectivity index (χ4v) is 2.15. The molecule has 4 nitrogen and oxygen atoms in total. The monoisotopic (exact) mass is 246 g/mol. The average Bonchev–Trinajstić information content (AvgIpc) is 2.75. The lowest BCUT2D eigenvalue weighted by Gasteiger charge is -2.03. The molecule has 96 valence electrons. The van der Waals surface area contributed by atoms with Crippen molar-refractivity contribution in [1.82, 2.24) is 9.88 Å². The van der Waals surface area contributed by atoms with Crippen LogP contribution in [-0.2, 0) is 22.6 Å². The summed E-state index contributed by atoms with van der Waals surface area (Å²) in [7, 11) is 3.35. The highest BCUT2D eigenvalue weighted by molar-refractivity contribution is 5.84. The second-order valence-corrected chi connectivity index (χ2v) is 4.22. The number of aryl methyl sites for hydroxylation is 1. The topological polar surface area (TPSA) is 43.3 Å². The van der Waals surface area contributed by atoms with E-state index in [4.69, 9.17) is 0 Å². The molecule has 2 rings (SSSR count).